The monoisotopic (exact) mass is 208 g/mol. The first-order chi connectivity index (χ1) is 7.24. The highest BCUT2D eigenvalue weighted by Gasteiger charge is 2.11. The van der Waals surface area contributed by atoms with E-state index in [4.69, 9.17) is 4.84 Å². The quantitative estimate of drug-likeness (QED) is 0.710. The second-order valence-electron chi connectivity index (χ2n) is 3.16. The van der Waals surface area contributed by atoms with Crippen LogP contribution < -0.4 is 10.8 Å². The molecule has 82 valence electrons. The molecule has 0 fully saturated rings. The van der Waals surface area contributed by atoms with E-state index in [-0.39, 0.29) is 12.0 Å². The third-order valence-corrected chi connectivity index (χ3v) is 1.97. The van der Waals surface area contributed by atoms with Crippen molar-refractivity contribution >= 4 is 5.91 Å². The molecular weight excluding hydrogens is 192 g/mol. The van der Waals surface area contributed by atoms with Crippen LogP contribution >= 0.6 is 0 Å². The first-order valence-electron chi connectivity index (χ1n) is 4.86. The van der Waals surface area contributed by atoms with Gasteiger partial charge in [0.05, 0.1) is 0 Å². The van der Waals surface area contributed by atoms with Crippen molar-refractivity contribution in [2.24, 2.45) is 0 Å². The van der Waals surface area contributed by atoms with E-state index in [1.165, 1.54) is 6.92 Å². The molecule has 0 aromatic heterocycles. The first kappa shape index (κ1) is 11.7. The molecule has 1 atom stereocenters. The van der Waals surface area contributed by atoms with E-state index in [1.54, 1.807) is 7.05 Å². The van der Waals surface area contributed by atoms with Crippen LogP contribution in [-0.4, -0.2) is 19.5 Å². The number of hydrogen-bond acceptors (Lipinski definition) is 3. The molecule has 0 aliphatic rings. The number of carbonyl (C=O) groups is 1. The maximum absolute atomic E-state index is 10.8. The number of carbonyl (C=O) groups excluding carboxylic acids is 1. The lowest BCUT2D eigenvalue weighted by molar-refractivity contribution is -0.120. The fraction of sp³-hybridized carbons (Fsp3) is 0.364. The number of hydrogen-bond donors (Lipinski definition) is 2. The van der Waals surface area contributed by atoms with Gasteiger partial charge in [0, 0.05) is 20.5 Å². The van der Waals surface area contributed by atoms with Crippen LogP contribution in [-0.2, 0) is 9.63 Å². The molecule has 1 rings (SSSR count). The van der Waals surface area contributed by atoms with E-state index >= 15 is 0 Å². The molecule has 0 aliphatic heterocycles. The summed E-state index contributed by atoms with van der Waals surface area (Å²) in [5.74, 6) is -0.0596. The predicted molar refractivity (Wildman–Crippen MR) is 58.0 cm³/mol. The molecule has 1 amide bonds. The lowest BCUT2D eigenvalue weighted by Crippen LogP contribution is -2.29. The highest BCUT2D eigenvalue weighted by Crippen LogP contribution is 2.14. The van der Waals surface area contributed by atoms with Gasteiger partial charge >= 0.3 is 0 Å². The zero-order valence-electron chi connectivity index (χ0n) is 8.99. The second kappa shape index (κ2) is 6.16. The van der Waals surface area contributed by atoms with Gasteiger partial charge in [0.25, 0.3) is 0 Å². The predicted octanol–water partition coefficient (Wildman–Crippen LogP) is 1.01. The summed E-state index contributed by atoms with van der Waals surface area (Å²) in [6, 6.07) is 9.75. The molecule has 1 aromatic carbocycles. The average molecular weight is 208 g/mol. The van der Waals surface area contributed by atoms with E-state index in [0.717, 1.165) is 5.56 Å². The van der Waals surface area contributed by atoms with Crippen molar-refractivity contribution in [1.82, 2.24) is 10.8 Å². The summed E-state index contributed by atoms with van der Waals surface area (Å²) in [7, 11) is 1.70. The van der Waals surface area contributed by atoms with Crippen molar-refractivity contribution in [3.05, 3.63) is 35.9 Å². The van der Waals surface area contributed by atoms with Crippen molar-refractivity contribution in [2.75, 3.05) is 13.6 Å². The largest absolute Gasteiger partial charge is 0.353 e. The van der Waals surface area contributed by atoms with Crippen LogP contribution in [0.2, 0.25) is 0 Å². The topological polar surface area (TPSA) is 50.4 Å². The minimum Gasteiger partial charge on any atom is -0.353 e. The Kier molecular flexibility index (Phi) is 4.80. The van der Waals surface area contributed by atoms with Gasteiger partial charge in [-0.2, -0.15) is 0 Å². The van der Waals surface area contributed by atoms with Gasteiger partial charge in [-0.15, -0.1) is 0 Å². The fourth-order valence-electron chi connectivity index (χ4n) is 1.27. The molecule has 1 unspecified atom stereocenters. The Hall–Kier alpha value is -1.39. The van der Waals surface area contributed by atoms with E-state index in [2.05, 4.69) is 10.8 Å². The van der Waals surface area contributed by atoms with Crippen LogP contribution in [0.5, 0.6) is 0 Å². The summed E-state index contributed by atoms with van der Waals surface area (Å²) in [6.45, 7) is 1.95. The summed E-state index contributed by atoms with van der Waals surface area (Å²) in [6.07, 6.45) is -0.167. The summed E-state index contributed by atoms with van der Waals surface area (Å²) in [5.41, 5.74) is 3.67. The van der Waals surface area contributed by atoms with Crippen LogP contribution in [0.15, 0.2) is 30.3 Å². The molecule has 0 saturated heterocycles. The summed E-state index contributed by atoms with van der Waals surface area (Å²) >= 11 is 0. The molecule has 15 heavy (non-hydrogen) atoms. The lowest BCUT2D eigenvalue weighted by atomic mass is 10.1. The van der Waals surface area contributed by atoms with Crippen LogP contribution in [0.25, 0.3) is 0 Å². The summed E-state index contributed by atoms with van der Waals surface area (Å²) in [5, 5.41) is 2.72. The minimum atomic E-state index is -0.167. The van der Waals surface area contributed by atoms with Gasteiger partial charge in [0.1, 0.15) is 6.10 Å². The van der Waals surface area contributed by atoms with Gasteiger partial charge in [-0.05, 0) is 5.56 Å². The minimum absolute atomic E-state index is 0.0596. The van der Waals surface area contributed by atoms with Gasteiger partial charge < -0.3 is 5.32 Å². The molecular formula is C11H16N2O2. The Morgan fingerprint density at radius 1 is 1.40 bits per heavy atom. The number of rotatable bonds is 5. The van der Waals surface area contributed by atoms with Crippen LogP contribution in [0, 0.1) is 0 Å². The SMILES string of the molecule is CNOC(CNC(C)=O)c1ccccc1. The number of hydroxylamine groups is 1. The van der Waals surface area contributed by atoms with Crippen molar-refractivity contribution in [3.8, 4) is 0 Å². The molecule has 0 heterocycles. The van der Waals surface area contributed by atoms with Gasteiger partial charge in [0.15, 0.2) is 0 Å². The smallest absolute Gasteiger partial charge is 0.216 e. The second-order valence-corrected chi connectivity index (χ2v) is 3.16. The first-order valence-corrected chi connectivity index (χ1v) is 4.86. The Labute approximate surface area is 89.6 Å². The maximum atomic E-state index is 10.8. The number of amides is 1. The molecule has 0 bridgehead atoms. The van der Waals surface area contributed by atoms with E-state index < -0.39 is 0 Å². The van der Waals surface area contributed by atoms with Gasteiger partial charge in [-0.25, -0.2) is 5.48 Å². The van der Waals surface area contributed by atoms with E-state index in [0.29, 0.717) is 6.54 Å². The molecule has 0 spiro atoms. The van der Waals surface area contributed by atoms with Gasteiger partial charge in [0.2, 0.25) is 5.91 Å². The molecule has 0 radical (unpaired) electrons. The Morgan fingerprint density at radius 3 is 2.60 bits per heavy atom. The Bertz CT molecular complexity index is 301. The van der Waals surface area contributed by atoms with Crippen LogP contribution in [0.3, 0.4) is 0 Å². The molecule has 0 saturated carbocycles. The molecule has 2 N–H and O–H groups in total. The van der Waals surface area contributed by atoms with E-state index in [1.807, 2.05) is 30.3 Å². The van der Waals surface area contributed by atoms with Crippen molar-refractivity contribution in [1.29, 1.82) is 0 Å². The summed E-state index contributed by atoms with van der Waals surface area (Å²) < 4.78 is 0. The molecule has 4 nitrogen and oxygen atoms in total. The normalized spacial score (nSPS) is 12.1. The van der Waals surface area contributed by atoms with Crippen molar-refractivity contribution in [2.45, 2.75) is 13.0 Å². The van der Waals surface area contributed by atoms with E-state index in [9.17, 15) is 4.79 Å². The molecule has 0 aliphatic carbocycles. The van der Waals surface area contributed by atoms with Gasteiger partial charge in [-0.1, -0.05) is 30.3 Å². The maximum Gasteiger partial charge on any atom is 0.216 e. The summed E-state index contributed by atoms with van der Waals surface area (Å²) in [4.78, 5) is 16.1. The highest BCUT2D eigenvalue weighted by molar-refractivity contribution is 5.72. The molecule has 4 heteroatoms. The van der Waals surface area contributed by atoms with Crippen LogP contribution in [0.4, 0.5) is 0 Å². The zero-order chi connectivity index (χ0) is 11.1. The average Bonchev–Trinajstić information content (AvgIpc) is 2.25. The van der Waals surface area contributed by atoms with Crippen LogP contribution in [0.1, 0.15) is 18.6 Å². The Morgan fingerprint density at radius 2 is 2.07 bits per heavy atom. The van der Waals surface area contributed by atoms with Crippen molar-refractivity contribution < 1.29 is 9.63 Å². The lowest BCUT2D eigenvalue weighted by Gasteiger charge is -2.17. The highest BCUT2D eigenvalue weighted by atomic mass is 16.7. The number of benzene rings is 1. The third-order valence-electron chi connectivity index (χ3n) is 1.97. The fourth-order valence-corrected chi connectivity index (χ4v) is 1.27. The Balaban J connectivity index is 2.61. The third kappa shape index (κ3) is 4.10. The van der Waals surface area contributed by atoms with Crippen molar-refractivity contribution in [3.63, 3.8) is 0 Å². The van der Waals surface area contributed by atoms with Gasteiger partial charge in [-0.3, -0.25) is 9.63 Å². The standard InChI is InChI=1S/C11H16N2O2/c1-9(14)13-8-11(15-12-2)10-6-4-3-5-7-10/h3-7,11-12H,8H2,1-2H3,(H,13,14). The number of nitrogens with one attached hydrogen (secondary N) is 2. The zero-order valence-corrected chi connectivity index (χ0v) is 8.99. The molecule has 1 aromatic rings.